The molecule has 0 aromatic carbocycles. The molecule has 2 N–H and O–H groups in total. The second-order valence-electron chi connectivity index (χ2n) is 5.97. The van der Waals surface area contributed by atoms with Crippen molar-refractivity contribution in [3.8, 4) is 5.82 Å². The molecular weight excluding hydrogens is 398 g/mol. The normalized spacial score (nSPS) is 12.1. The van der Waals surface area contributed by atoms with Crippen LogP contribution in [0.15, 0.2) is 43.2 Å². The number of carbonyl (C=O) groups excluding carboxylic acids is 1. The number of urea groups is 1. The van der Waals surface area contributed by atoms with E-state index < -0.39 is 6.03 Å². The van der Waals surface area contributed by atoms with Crippen molar-refractivity contribution in [3.63, 3.8) is 0 Å². The summed E-state index contributed by atoms with van der Waals surface area (Å²) < 4.78 is 7.03. The largest absolute Gasteiger partial charge is 0.377 e. The number of halogens is 1. The van der Waals surface area contributed by atoms with Gasteiger partial charge in [-0.2, -0.15) is 15.3 Å². The second-order valence-corrected chi connectivity index (χ2v) is 6.38. The Labute approximate surface area is 169 Å². The van der Waals surface area contributed by atoms with E-state index in [9.17, 15) is 4.79 Å². The number of amides is 2. The molecule has 148 valence electrons. The zero-order valence-corrected chi connectivity index (χ0v) is 16.2. The maximum absolute atomic E-state index is 12.5. The SMILES string of the molecule is CO[C@@H](C)c1c(NC(=O)Nc2cnc(-n3nccn3)c(Cl)c2)cnn2ccnc12. The summed E-state index contributed by atoms with van der Waals surface area (Å²) in [5.74, 6) is 0.354. The van der Waals surface area contributed by atoms with Crippen LogP contribution in [0.2, 0.25) is 5.02 Å². The molecule has 4 aromatic rings. The van der Waals surface area contributed by atoms with Crippen molar-refractivity contribution in [1.29, 1.82) is 0 Å². The summed E-state index contributed by atoms with van der Waals surface area (Å²) in [6, 6.07) is 1.07. The highest BCUT2D eigenvalue weighted by atomic mass is 35.5. The maximum Gasteiger partial charge on any atom is 0.323 e. The summed E-state index contributed by atoms with van der Waals surface area (Å²) in [5, 5.41) is 17.9. The van der Waals surface area contributed by atoms with Crippen molar-refractivity contribution in [2.45, 2.75) is 13.0 Å². The summed E-state index contributed by atoms with van der Waals surface area (Å²) in [6.07, 6.45) is 9.06. The van der Waals surface area contributed by atoms with E-state index in [1.165, 1.54) is 29.6 Å². The van der Waals surface area contributed by atoms with E-state index in [0.29, 0.717) is 28.4 Å². The van der Waals surface area contributed by atoms with Crippen molar-refractivity contribution in [2.24, 2.45) is 0 Å². The minimum Gasteiger partial charge on any atom is -0.377 e. The molecule has 0 aliphatic carbocycles. The Bertz CT molecular complexity index is 1160. The number of aromatic nitrogens is 7. The van der Waals surface area contributed by atoms with Crippen molar-refractivity contribution < 1.29 is 9.53 Å². The molecule has 0 spiro atoms. The molecule has 29 heavy (non-hydrogen) atoms. The number of nitrogens with zero attached hydrogens (tertiary/aromatic N) is 7. The van der Waals surface area contributed by atoms with Gasteiger partial charge in [0, 0.05) is 19.5 Å². The first kappa shape index (κ1) is 18.8. The Balaban J connectivity index is 1.55. The Morgan fingerprint density at radius 3 is 2.66 bits per heavy atom. The van der Waals surface area contributed by atoms with Gasteiger partial charge in [-0.05, 0) is 13.0 Å². The van der Waals surface area contributed by atoms with Crippen LogP contribution < -0.4 is 10.6 Å². The summed E-state index contributed by atoms with van der Waals surface area (Å²) in [4.78, 5) is 22.3. The number of ether oxygens (including phenoxy) is 1. The van der Waals surface area contributed by atoms with Gasteiger partial charge in [-0.25, -0.2) is 19.3 Å². The highest BCUT2D eigenvalue weighted by molar-refractivity contribution is 6.32. The van der Waals surface area contributed by atoms with Crippen molar-refractivity contribution in [3.05, 3.63) is 53.8 Å². The highest BCUT2D eigenvalue weighted by Crippen LogP contribution is 2.28. The van der Waals surface area contributed by atoms with Gasteiger partial charge in [0.25, 0.3) is 0 Å². The third-order valence-corrected chi connectivity index (χ3v) is 4.44. The van der Waals surface area contributed by atoms with Crippen LogP contribution in [0.25, 0.3) is 11.5 Å². The molecule has 4 rings (SSSR count). The first-order valence-corrected chi connectivity index (χ1v) is 8.90. The topological polar surface area (TPSA) is 124 Å². The third kappa shape index (κ3) is 3.73. The Morgan fingerprint density at radius 1 is 1.14 bits per heavy atom. The van der Waals surface area contributed by atoms with Crippen LogP contribution in [-0.4, -0.2) is 47.7 Å². The van der Waals surface area contributed by atoms with E-state index in [2.05, 4.69) is 35.9 Å². The molecule has 12 heteroatoms. The number of imidazole rings is 1. The number of methoxy groups -OCH3 is 1. The number of hydrogen-bond acceptors (Lipinski definition) is 7. The molecule has 0 aliphatic rings. The summed E-state index contributed by atoms with van der Waals surface area (Å²) >= 11 is 6.23. The van der Waals surface area contributed by atoms with E-state index in [1.54, 1.807) is 30.1 Å². The number of carbonyl (C=O) groups is 1. The summed E-state index contributed by atoms with van der Waals surface area (Å²) in [5.41, 5.74) is 2.18. The molecule has 0 bridgehead atoms. The zero-order chi connectivity index (χ0) is 20.4. The number of rotatable bonds is 5. The maximum atomic E-state index is 12.5. The molecule has 0 unspecified atom stereocenters. The van der Waals surface area contributed by atoms with Crippen LogP contribution in [-0.2, 0) is 4.74 Å². The van der Waals surface area contributed by atoms with Gasteiger partial charge < -0.3 is 15.4 Å². The van der Waals surface area contributed by atoms with Gasteiger partial charge in [-0.1, -0.05) is 11.6 Å². The minimum absolute atomic E-state index is 0.285. The minimum atomic E-state index is -0.491. The number of hydrogen-bond donors (Lipinski definition) is 2. The predicted octanol–water partition coefficient (Wildman–Crippen LogP) is 2.71. The number of nitrogens with one attached hydrogen (secondary N) is 2. The lowest BCUT2D eigenvalue weighted by molar-refractivity contribution is 0.120. The van der Waals surface area contributed by atoms with Crippen molar-refractivity contribution >= 4 is 34.7 Å². The third-order valence-electron chi connectivity index (χ3n) is 4.16. The van der Waals surface area contributed by atoms with Crippen molar-refractivity contribution in [2.75, 3.05) is 17.7 Å². The molecule has 0 saturated heterocycles. The lowest BCUT2D eigenvalue weighted by Gasteiger charge is -2.16. The molecule has 4 aromatic heterocycles. The van der Waals surface area contributed by atoms with Crippen LogP contribution in [0.4, 0.5) is 16.2 Å². The predicted molar refractivity (Wildman–Crippen MR) is 105 cm³/mol. The van der Waals surface area contributed by atoms with Gasteiger partial charge in [-0.15, -0.1) is 4.80 Å². The van der Waals surface area contributed by atoms with Gasteiger partial charge in [0.05, 0.1) is 52.9 Å². The van der Waals surface area contributed by atoms with Gasteiger partial charge in [0.15, 0.2) is 11.5 Å². The average molecular weight is 414 g/mol. The standard InChI is InChI=1S/C17H16ClN9O2/c1-10(29-2)14-13(9-23-26-6-5-19-16(14)26)25-17(28)24-11-7-12(18)15(20-8-11)27-21-3-4-22-27/h3-10H,1-2H3,(H2,24,25,28)/t10-/m0/s1. The van der Waals surface area contributed by atoms with E-state index in [-0.39, 0.29) is 11.1 Å². The van der Waals surface area contributed by atoms with E-state index in [0.717, 1.165) is 0 Å². The van der Waals surface area contributed by atoms with E-state index >= 15 is 0 Å². The average Bonchev–Trinajstić information content (AvgIpc) is 3.39. The molecule has 0 radical (unpaired) electrons. The Hall–Kier alpha value is -3.57. The zero-order valence-electron chi connectivity index (χ0n) is 15.4. The summed E-state index contributed by atoms with van der Waals surface area (Å²) in [6.45, 7) is 1.86. The van der Waals surface area contributed by atoms with E-state index in [4.69, 9.17) is 16.3 Å². The van der Waals surface area contributed by atoms with Crippen LogP contribution in [0.3, 0.4) is 0 Å². The van der Waals surface area contributed by atoms with Crippen LogP contribution in [0.5, 0.6) is 0 Å². The second kappa shape index (κ2) is 7.81. The quantitative estimate of drug-likeness (QED) is 0.515. The molecule has 1 atom stereocenters. The van der Waals surface area contributed by atoms with Crippen LogP contribution >= 0.6 is 11.6 Å². The number of fused-ring (bicyclic) bond motifs is 1. The molecule has 0 saturated carbocycles. The smallest absolute Gasteiger partial charge is 0.323 e. The molecule has 0 fully saturated rings. The highest BCUT2D eigenvalue weighted by Gasteiger charge is 2.18. The molecular formula is C17H16ClN9O2. The van der Waals surface area contributed by atoms with Gasteiger partial charge in [-0.3, -0.25) is 0 Å². The lowest BCUT2D eigenvalue weighted by Crippen LogP contribution is -2.22. The monoisotopic (exact) mass is 413 g/mol. The molecule has 4 heterocycles. The lowest BCUT2D eigenvalue weighted by atomic mass is 10.1. The summed E-state index contributed by atoms with van der Waals surface area (Å²) in [7, 11) is 1.58. The fourth-order valence-corrected chi connectivity index (χ4v) is 3.01. The fourth-order valence-electron chi connectivity index (χ4n) is 2.77. The number of anilines is 2. The number of pyridine rings is 1. The van der Waals surface area contributed by atoms with Gasteiger partial charge in [0.2, 0.25) is 0 Å². The molecule has 0 aliphatic heterocycles. The van der Waals surface area contributed by atoms with Crippen molar-refractivity contribution in [1.82, 2.24) is 34.6 Å². The van der Waals surface area contributed by atoms with Crippen LogP contribution in [0, 0.1) is 0 Å². The van der Waals surface area contributed by atoms with Gasteiger partial charge in [0.1, 0.15) is 0 Å². The first-order chi connectivity index (χ1) is 14.1. The fraction of sp³-hybridized carbons (Fsp3) is 0.176. The first-order valence-electron chi connectivity index (χ1n) is 8.52. The molecule has 11 nitrogen and oxygen atoms in total. The Morgan fingerprint density at radius 2 is 1.93 bits per heavy atom. The molecule has 2 amide bonds. The van der Waals surface area contributed by atoms with Gasteiger partial charge >= 0.3 is 6.03 Å². The van der Waals surface area contributed by atoms with E-state index in [1.807, 2.05) is 6.92 Å². The van der Waals surface area contributed by atoms with Crippen LogP contribution in [0.1, 0.15) is 18.6 Å². The Kier molecular flexibility index (Phi) is 5.06.